The van der Waals surface area contributed by atoms with Crippen LogP contribution in [-0.4, -0.2) is 31.1 Å². The Morgan fingerprint density at radius 2 is 1.90 bits per heavy atom. The Bertz CT molecular complexity index is 440. The number of carbonyl (C=O) groups is 2. The molecule has 0 aliphatic rings. The monoisotopic (exact) mass is 314 g/mol. The van der Waals surface area contributed by atoms with Crippen LogP contribution < -0.4 is 11.1 Å². The van der Waals surface area contributed by atoms with Crippen molar-refractivity contribution in [2.24, 2.45) is 11.7 Å². The van der Waals surface area contributed by atoms with Crippen LogP contribution in [0.4, 0.5) is 0 Å². The summed E-state index contributed by atoms with van der Waals surface area (Å²) in [5.74, 6) is -0.947. The van der Waals surface area contributed by atoms with Crippen molar-refractivity contribution in [2.75, 3.05) is 13.2 Å². The van der Waals surface area contributed by atoms with Gasteiger partial charge in [0.15, 0.2) is 0 Å². The average Bonchev–Trinajstić information content (AvgIpc) is 2.45. The average molecular weight is 315 g/mol. The predicted octanol–water partition coefficient (Wildman–Crippen LogP) is 1.29. The van der Waals surface area contributed by atoms with Crippen LogP contribution in [-0.2, 0) is 20.7 Å². The molecule has 0 spiro atoms. The van der Waals surface area contributed by atoms with E-state index in [1.165, 1.54) is 0 Å². The highest BCUT2D eigenvalue weighted by molar-refractivity contribution is 5.85. The van der Waals surface area contributed by atoms with Crippen molar-refractivity contribution in [3.8, 4) is 0 Å². The van der Waals surface area contributed by atoms with E-state index in [9.17, 15) is 9.59 Å². The van der Waals surface area contributed by atoms with Crippen LogP contribution in [0.1, 0.15) is 19.4 Å². The lowest BCUT2D eigenvalue weighted by atomic mass is 10.1. The molecule has 0 fully saturated rings. The first kappa shape index (κ1) is 19.4. The molecular formula is C15H23ClN2O3. The molecule has 0 bridgehead atoms. The van der Waals surface area contributed by atoms with E-state index in [-0.39, 0.29) is 36.7 Å². The Morgan fingerprint density at radius 3 is 2.48 bits per heavy atom. The third-order valence-corrected chi connectivity index (χ3v) is 2.91. The molecule has 0 radical (unpaired) electrons. The van der Waals surface area contributed by atoms with Gasteiger partial charge in [0.1, 0.15) is 0 Å². The molecule has 0 saturated carbocycles. The molecular weight excluding hydrogens is 292 g/mol. The summed E-state index contributed by atoms with van der Waals surface area (Å²) in [5, 5.41) is 2.68. The van der Waals surface area contributed by atoms with Crippen LogP contribution in [0.15, 0.2) is 30.3 Å². The highest BCUT2D eigenvalue weighted by Gasteiger charge is 2.18. The second-order valence-corrected chi connectivity index (χ2v) is 4.69. The highest BCUT2D eigenvalue weighted by atomic mass is 35.5. The standard InChI is InChI=1S/C15H22N2O3.ClH/c1-3-20-15(19)11(2)10-17-14(18)13(16)9-12-7-5-4-6-8-12;/h4-8,11,13H,3,9-10,16H2,1-2H3,(H,17,18);1H/t11?,13-;/m0./s1. The third kappa shape index (κ3) is 7.11. The SMILES string of the molecule is CCOC(=O)C(C)CNC(=O)[C@@H](N)Cc1ccccc1.Cl. The maximum atomic E-state index is 11.8. The summed E-state index contributed by atoms with van der Waals surface area (Å²) < 4.78 is 4.87. The largest absolute Gasteiger partial charge is 0.466 e. The van der Waals surface area contributed by atoms with Crippen LogP contribution in [0.2, 0.25) is 0 Å². The molecule has 2 atom stereocenters. The number of benzene rings is 1. The van der Waals surface area contributed by atoms with E-state index in [4.69, 9.17) is 10.5 Å². The Morgan fingerprint density at radius 1 is 1.29 bits per heavy atom. The number of esters is 1. The van der Waals surface area contributed by atoms with Crippen LogP contribution in [0, 0.1) is 5.92 Å². The molecule has 0 heterocycles. The van der Waals surface area contributed by atoms with E-state index in [1.807, 2.05) is 30.3 Å². The predicted molar refractivity (Wildman–Crippen MR) is 84.2 cm³/mol. The van der Waals surface area contributed by atoms with Gasteiger partial charge in [-0.05, 0) is 18.9 Å². The molecule has 1 aromatic carbocycles. The van der Waals surface area contributed by atoms with Gasteiger partial charge in [-0.1, -0.05) is 37.3 Å². The molecule has 118 valence electrons. The van der Waals surface area contributed by atoms with Gasteiger partial charge in [0.25, 0.3) is 0 Å². The second-order valence-electron chi connectivity index (χ2n) is 4.69. The van der Waals surface area contributed by atoms with Gasteiger partial charge in [-0.2, -0.15) is 0 Å². The fraction of sp³-hybridized carbons (Fsp3) is 0.467. The number of halogens is 1. The maximum Gasteiger partial charge on any atom is 0.310 e. The minimum absolute atomic E-state index is 0. The van der Waals surface area contributed by atoms with Crippen molar-refractivity contribution in [2.45, 2.75) is 26.3 Å². The van der Waals surface area contributed by atoms with Crippen LogP contribution in [0.25, 0.3) is 0 Å². The topological polar surface area (TPSA) is 81.4 Å². The molecule has 1 aromatic rings. The number of nitrogens with one attached hydrogen (secondary N) is 1. The number of carbonyl (C=O) groups excluding carboxylic acids is 2. The molecule has 1 unspecified atom stereocenters. The molecule has 21 heavy (non-hydrogen) atoms. The molecule has 1 amide bonds. The van der Waals surface area contributed by atoms with E-state index in [0.717, 1.165) is 5.56 Å². The molecule has 0 aromatic heterocycles. The number of ether oxygens (including phenoxy) is 1. The van der Waals surface area contributed by atoms with Crippen molar-refractivity contribution in [1.82, 2.24) is 5.32 Å². The van der Waals surface area contributed by atoms with E-state index in [2.05, 4.69) is 5.32 Å². The van der Waals surface area contributed by atoms with E-state index in [1.54, 1.807) is 13.8 Å². The smallest absolute Gasteiger partial charge is 0.310 e. The molecule has 0 saturated heterocycles. The summed E-state index contributed by atoms with van der Waals surface area (Å²) in [6.45, 7) is 4.03. The fourth-order valence-corrected chi connectivity index (χ4v) is 1.71. The molecule has 0 aliphatic carbocycles. The zero-order chi connectivity index (χ0) is 15.0. The number of hydrogen-bond donors (Lipinski definition) is 2. The zero-order valence-corrected chi connectivity index (χ0v) is 13.2. The number of nitrogens with two attached hydrogens (primary N) is 1. The normalized spacial score (nSPS) is 12.7. The molecule has 0 aliphatic heterocycles. The van der Waals surface area contributed by atoms with Crippen molar-refractivity contribution in [1.29, 1.82) is 0 Å². The molecule has 1 rings (SSSR count). The Kier molecular flexibility index (Phi) is 9.41. The minimum atomic E-state index is -0.619. The summed E-state index contributed by atoms with van der Waals surface area (Å²) in [7, 11) is 0. The van der Waals surface area contributed by atoms with Gasteiger partial charge in [0.05, 0.1) is 18.6 Å². The Labute approximate surface area is 131 Å². The second kappa shape index (κ2) is 10.2. The van der Waals surface area contributed by atoms with Gasteiger partial charge in [-0.3, -0.25) is 9.59 Å². The summed E-state index contributed by atoms with van der Waals surface area (Å²) in [4.78, 5) is 23.3. The van der Waals surface area contributed by atoms with Crippen molar-refractivity contribution in [3.63, 3.8) is 0 Å². The van der Waals surface area contributed by atoms with Crippen molar-refractivity contribution in [3.05, 3.63) is 35.9 Å². The van der Waals surface area contributed by atoms with Gasteiger partial charge < -0.3 is 15.8 Å². The summed E-state index contributed by atoms with van der Waals surface area (Å²) in [6, 6.07) is 8.96. The fourth-order valence-electron chi connectivity index (χ4n) is 1.71. The summed E-state index contributed by atoms with van der Waals surface area (Å²) in [5.41, 5.74) is 6.85. The van der Waals surface area contributed by atoms with Crippen molar-refractivity contribution < 1.29 is 14.3 Å². The molecule has 3 N–H and O–H groups in total. The first-order valence-electron chi connectivity index (χ1n) is 6.78. The first-order chi connectivity index (χ1) is 9.54. The van der Waals surface area contributed by atoms with Crippen molar-refractivity contribution >= 4 is 24.3 Å². The summed E-state index contributed by atoms with van der Waals surface area (Å²) >= 11 is 0. The van der Waals surface area contributed by atoms with Gasteiger partial charge in [-0.15, -0.1) is 12.4 Å². The first-order valence-corrected chi connectivity index (χ1v) is 6.78. The van der Waals surface area contributed by atoms with Crippen LogP contribution in [0.3, 0.4) is 0 Å². The highest BCUT2D eigenvalue weighted by Crippen LogP contribution is 2.02. The number of rotatable bonds is 7. The third-order valence-electron chi connectivity index (χ3n) is 2.91. The maximum absolute atomic E-state index is 11.8. The van der Waals surface area contributed by atoms with E-state index < -0.39 is 6.04 Å². The molecule has 5 nitrogen and oxygen atoms in total. The van der Waals surface area contributed by atoms with Gasteiger partial charge in [-0.25, -0.2) is 0 Å². The lowest BCUT2D eigenvalue weighted by Crippen LogP contribution is -2.44. The Balaban J connectivity index is 0.00000400. The Hall–Kier alpha value is -1.59. The van der Waals surface area contributed by atoms with Gasteiger partial charge in [0.2, 0.25) is 5.91 Å². The van der Waals surface area contributed by atoms with Crippen LogP contribution in [0.5, 0.6) is 0 Å². The lowest BCUT2D eigenvalue weighted by molar-refractivity contribution is -0.147. The van der Waals surface area contributed by atoms with E-state index in [0.29, 0.717) is 13.0 Å². The lowest BCUT2D eigenvalue weighted by Gasteiger charge is -2.15. The summed E-state index contributed by atoms with van der Waals surface area (Å²) in [6.07, 6.45) is 0.473. The number of amides is 1. The quantitative estimate of drug-likeness (QED) is 0.743. The zero-order valence-electron chi connectivity index (χ0n) is 12.4. The van der Waals surface area contributed by atoms with Gasteiger partial charge >= 0.3 is 5.97 Å². The van der Waals surface area contributed by atoms with Crippen LogP contribution >= 0.6 is 12.4 Å². The molecule has 6 heteroatoms. The number of hydrogen-bond acceptors (Lipinski definition) is 4. The minimum Gasteiger partial charge on any atom is -0.466 e. The van der Waals surface area contributed by atoms with E-state index >= 15 is 0 Å². The van der Waals surface area contributed by atoms with Gasteiger partial charge in [0, 0.05) is 6.54 Å².